The van der Waals surface area contributed by atoms with Crippen LogP contribution in [0.2, 0.25) is 5.02 Å². The van der Waals surface area contributed by atoms with Gasteiger partial charge in [-0.2, -0.15) is 0 Å². The molecule has 0 amide bonds. The normalized spacial score (nSPS) is 11.3. The smallest absolute Gasteiger partial charge is 0.261 e. The summed E-state index contributed by atoms with van der Waals surface area (Å²) in [6, 6.07) is 9.40. The van der Waals surface area contributed by atoms with Crippen LogP contribution in [-0.2, 0) is 10.0 Å². The first-order valence-corrected chi connectivity index (χ1v) is 7.08. The van der Waals surface area contributed by atoms with Gasteiger partial charge in [0.15, 0.2) is 0 Å². The third-order valence-electron chi connectivity index (χ3n) is 2.34. The van der Waals surface area contributed by atoms with Crippen molar-refractivity contribution in [3.8, 4) is 0 Å². The van der Waals surface area contributed by atoms with Crippen LogP contribution in [0, 0.1) is 5.82 Å². The van der Waals surface area contributed by atoms with Crippen LogP contribution in [0.4, 0.5) is 15.8 Å². The molecule has 0 unspecified atom stereocenters. The van der Waals surface area contributed by atoms with Crippen LogP contribution in [0.5, 0.6) is 0 Å². The number of anilines is 2. The van der Waals surface area contributed by atoms with E-state index in [1.807, 2.05) is 0 Å². The van der Waals surface area contributed by atoms with Crippen LogP contribution in [-0.4, -0.2) is 8.42 Å². The number of nitrogen functional groups attached to an aromatic ring is 1. The van der Waals surface area contributed by atoms with E-state index >= 15 is 0 Å². The molecule has 0 aromatic heterocycles. The van der Waals surface area contributed by atoms with Crippen molar-refractivity contribution >= 4 is 33.0 Å². The van der Waals surface area contributed by atoms with Gasteiger partial charge >= 0.3 is 0 Å². The van der Waals surface area contributed by atoms with Gasteiger partial charge in [-0.3, -0.25) is 4.72 Å². The largest absolute Gasteiger partial charge is 0.399 e. The summed E-state index contributed by atoms with van der Waals surface area (Å²) in [4.78, 5) is 0.0212. The molecule has 2 aromatic rings. The first-order valence-electron chi connectivity index (χ1n) is 5.22. The zero-order chi connectivity index (χ0) is 14.0. The molecule has 0 spiro atoms. The lowest BCUT2D eigenvalue weighted by atomic mass is 10.3. The number of rotatable bonds is 3. The van der Waals surface area contributed by atoms with Crippen LogP contribution < -0.4 is 10.5 Å². The molecule has 0 fully saturated rings. The SMILES string of the molecule is Nc1cccc(S(=O)(=O)Nc2ccc(F)c(Cl)c2)c1. The monoisotopic (exact) mass is 300 g/mol. The molecule has 2 rings (SSSR count). The van der Waals surface area contributed by atoms with Gasteiger partial charge in [-0.25, -0.2) is 12.8 Å². The zero-order valence-corrected chi connectivity index (χ0v) is 11.2. The minimum absolute atomic E-state index is 0.0212. The minimum atomic E-state index is -3.78. The van der Waals surface area contributed by atoms with Gasteiger partial charge in [-0.05, 0) is 36.4 Å². The first-order chi connectivity index (χ1) is 8.88. The maximum absolute atomic E-state index is 13.0. The van der Waals surface area contributed by atoms with Gasteiger partial charge < -0.3 is 5.73 Å². The molecule has 4 nitrogen and oxygen atoms in total. The highest BCUT2D eigenvalue weighted by Crippen LogP contribution is 2.22. The standard InChI is InChI=1S/C12H10ClFN2O2S/c13-11-7-9(4-5-12(11)14)16-19(17,18)10-3-1-2-8(15)6-10/h1-7,16H,15H2. The quantitative estimate of drug-likeness (QED) is 0.856. The zero-order valence-electron chi connectivity index (χ0n) is 9.60. The van der Waals surface area contributed by atoms with Gasteiger partial charge in [0.25, 0.3) is 10.0 Å². The molecule has 100 valence electrons. The number of nitrogens with two attached hydrogens (primary N) is 1. The summed E-state index contributed by atoms with van der Waals surface area (Å²) in [5.74, 6) is -0.617. The van der Waals surface area contributed by atoms with Crippen LogP contribution in [0.3, 0.4) is 0 Å². The highest BCUT2D eigenvalue weighted by Gasteiger charge is 2.14. The number of halogens is 2. The molecule has 0 saturated carbocycles. The molecule has 0 radical (unpaired) electrons. The second-order valence-corrected chi connectivity index (χ2v) is 5.90. The van der Waals surface area contributed by atoms with Crippen molar-refractivity contribution < 1.29 is 12.8 Å². The van der Waals surface area contributed by atoms with Crippen LogP contribution in [0.1, 0.15) is 0 Å². The fourth-order valence-corrected chi connectivity index (χ4v) is 2.74. The highest BCUT2D eigenvalue weighted by molar-refractivity contribution is 7.92. The van der Waals surface area contributed by atoms with Crippen LogP contribution in [0.15, 0.2) is 47.4 Å². The van der Waals surface area contributed by atoms with Crippen molar-refractivity contribution in [3.05, 3.63) is 53.3 Å². The molecule has 0 saturated heterocycles. The Hall–Kier alpha value is -1.79. The molecular weight excluding hydrogens is 291 g/mol. The Morgan fingerprint density at radius 1 is 1.16 bits per heavy atom. The lowest BCUT2D eigenvalue weighted by Gasteiger charge is -2.09. The van der Waals surface area contributed by atoms with Crippen molar-refractivity contribution in [2.45, 2.75) is 4.90 Å². The molecule has 3 N–H and O–H groups in total. The Morgan fingerprint density at radius 3 is 2.53 bits per heavy atom. The van der Waals surface area contributed by atoms with E-state index in [4.69, 9.17) is 17.3 Å². The summed E-state index contributed by atoms with van der Waals surface area (Å²) in [6.07, 6.45) is 0. The van der Waals surface area contributed by atoms with E-state index in [2.05, 4.69) is 4.72 Å². The lowest BCUT2D eigenvalue weighted by molar-refractivity contribution is 0.601. The maximum Gasteiger partial charge on any atom is 0.261 e. The van der Waals surface area contributed by atoms with E-state index < -0.39 is 15.8 Å². The summed E-state index contributed by atoms with van der Waals surface area (Å²) in [6.45, 7) is 0. The summed E-state index contributed by atoms with van der Waals surface area (Å²) < 4.78 is 39.4. The third-order valence-corrected chi connectivity index (χ3v) is 4.01. The van der Waals surface area contributed by atoms with Crippen molar-refractivity contribution in [1.29, 1.82) is 0 Å². The molecule has 2 aromatic carbocycles. The summed E-state index contributed by atoms with van der Waals surface area (Å²) in [5, 5.41) is -0.159. The molecule has 0 aliphatic rings. The highest BCUT2D eigenvalue weighted by atomic mass is 35.5. The van der Waals surface area contributed by atoms with Gasteiger partial charge in [0.2, 0.25) is 0 Å². The molecule has 7 heteroatoms. The Labute approximate surface area is 115 Å². The third kappa shape index (κ3) is 3.15. The van der Waals surface area contributed by atoms with E-state index in [9.17, 15) is 12.8 Å². The summed E-state index contributed by atoms with van der Waals surface area (Å²) in [5.41, 5.74) is 6.04. The molecule has 0 aliphatic carbocycles. The van der Waals surface area contributed by atoms with Crippen LogP contribution in [0.25, 0.3) is 0 Å². The number of nitrogens with one attached hydrogen (secondary N) is 1. The number of hydrogen-bond donors (Lipinski definition) is 2. The summed E-state index contributed by atoms with van der Waals surface area (Å²) >= 11 is 5.58. The second-order valence-electron chi connectivity index (χ2n) is 3.81. The average Bonchev–Trinajstić information content (AvgIpc) is 2.33. The predicted molar refractivity (Wildman–Crippen MR) is 73.1 cm³/mol. The van der Waals surface area contributed by atoms with Gasteiger partial charge in [0.05, 0.1) is 15.6 Å². The van der Waals surface area contributed by atoms with E-state index in [0.717, 1.165) is 6.07 Å². The number of hydrogen-bond acceptors (Lipinski definition) is 3. The molecule has 0 heterocycles. The summed E-state index contributed by atoms with van der Waals surface area (Å²) in [7, 11) is -3.78. The Bertz CT molecular complexity index is 719. The van der Waals surface area contributed by atoms with Gasteiger partial charge in [0, 0.05) is 5.69 Å². The van der Waals surface area contributed by atoms with Crippen molar-refractivity contribution in [2.75, 3.05) is 10.5 Å². The van der Waals surface area contributed by atoms with Crippen molar-refractivity contribution in [2.24, 2.45) is 0 Å². The Balaban J connectivity index is 2.33. The van der Waals surface area contributed by atoms with Gasteiger partial charge in [-0.15, -0.1) is 0 Å². The molecular formula is C12H10ClFN2O2S. The van der Waals surface area contributed by atoms with E-state index in [0.29, 0.717) is 5.69 Å². The van der Waals surface area contributed by atoms with Crippen molar-refractivity contribution in [3.63, 3.8) is 0 Å². The van der Waals surface area contributed by atoms with E-state index in [1.165, 1.54) is 30.3 Å². The van der Waals surface area contributed by atoms with E-state index in [-0.39, 0.29) is 15.6 Å². The molecule has 0 bridgehead atoms. The van der Waals surface area contributed by atoms with Crippen molar-refractivity contribution in [1.82, 2.24) is 0 Å². The number of sulfonamides is 1. The Morgan fingerprint density at radius 2 is 1.89 bits per heavy atom. The minimum Gasteiger partial charge on any atom is -0.399 e. The van der Waals surface area contributed by atoms with Crippen LogP contribution >= 0.6 is 11.6 Å². The molecule has 0 atom stereocenters. The average molecular weight is 301 g/mol. The topological polar surface area (TPSA) is 72.2 Å². The molecule has 0 aliphatic heterocycles. The Kier molecular flexibility index (Phi) is 3.64. The van der Waals surface area contributed by atoms with E-state index in [1.54, 1.807) is 6.07 Å². The number of benzene rings is 2. The fraction of sp³-hybridized carbons (Fsp3) is 0. The van der Waals surface area contributed by atoms with Gasteiger partial charge in [-0.1, -0.05) is 17.7 Å². The van der Waals surface area contributed by atoms with Gasteiger partial charge in [0.1, 0.15) is 5.82 Å². The molecule has 19 heavy (non-hydrogen) atoms. The predicted octanol–water partition coefficient (Wildman–Crippen LogP) is 2.86. The first kappa shape index (κ1) is 13.6. The lowest BCUT2D eigenvalue weighted by Crippen LogP contribution is -2.13. The second kappa shape index (κ2) is 5.07. The maximum atomic E-state index is 13.0. The fourth-order valence-electron chi connectivity index (χ4n) is 1.46.